The monoisotopic (exact) mass is 712 g/mol. The van der Waals surface area contributed by atoms with Crippen LogP contribution in [0.5, 0.6) is 5.75 Å². The van der Waals surface area contributed by atoms with Gasteiger partial charge in [0.15, 0.2) is 0 Å². The van der Waals surface area contributed by atoms with Crippen LogP contribution < -0.4 is 0 Å². The molecule has 5 rings (SSSR count). The summed E-state index contributed by atoms with van der Waals surface area (Å²) in [6.07, 6.45) is 15.1. The van der Waals surface area contributed by atoms with E-state index in [1.807, 2.05) is 96.0 Å². The second kappa shape index (κ2) is 17.8. The zero-order valence-corrected chi connectivity index (χ0v) is 29.4. The zero-order valence-electron chi connectivity index (χ0n) is 27.0. The van der Waals surface area contributed by atoms with Crippen LogP contribution in [0.2, 0.25) is 0 Å². The van der Waals surface area contributed by atoms with Gasteiger partial charge in [-0.15, -0.1) is 0 Å². The smallest absolute Gasteiger partial charge is 0.300 e. The number of rotatable bonds is 12. The van der Waals surface area contributed by atoms with Gasteiger partial charge in [-0.05, 0) is 6.92 Å². The molecule has 0 spiro atoms. The number of carboxylic acid groups (broad SMARTS) is 1. The summed E-state index contributed by atoms with van der Waals surface area (Å²) in [5, 5.41) is 19.0. The van der Waals surface area contributed by atoms with Gasteiger partial charge < -0.3 is 28.5 Å². The number of carbonyl (C=O) groups is 1. The SMILES string of the molecule is CC(=O)O.Cc1cc(CN(Cc2nccn2C)Cc2nccn2C)c(O)c(CN(Cc2nccn2C)Cc2nccn2C)c1.[Mn].[Mn]. The van der Waals surface area contributed by atoms with Crippen LogP contribution in [-0.2, 0) is 106 Å². The predicted molar refractivity (Wildman–Crippen MR) is 165 cm³/mol. The Kier molecular flexibility index (Phi) is 14.9. The Labute approximate surface area is 290 Å². The van der Waals surface area contributed by atoms with Crippen LogP contribution in [-0.4, -0.2) is 64.2 Å². The second-order valence-electron chi connectivity index (χ2n) is 11.1. The minimum atomic E-state index is -0.833. The molecule has 2 N–H and O–H groups in total. The van der Waals surface area contributed by atoms with Crippen LogP contribution in [0.25, 0.3) is 0 Å². The molecule has 0 aliphatic heterocycles. The summed E-state index contributed by atoms with van der Waals surface area (Å²) in [6.45, 7) is 6.79. The Morgan fingerprint density at radius 1 is 0.630 bits per heavy atom. The zero-order chi connectivity index (χ0) is 31.8. The molecule has 0 fully saturated rings. The van der Waals surface area contributed by atoms with Crippen LogP contribution in [0.3, 0.4) is 0 Å². The Balaban J connectivity index is 0.00000116. The van der Waals surface area contributed by atoms with Crippen molar-refractivity contribution in [2.24, 2.45) is 28.2 Å². The van der Waals surface area contributed by atoms with E-state index in [0.29, 0.717) is 45.0 Å². The van der Waals surface area contributed by atoms with Crippen molar-refractivity contribution in [1.82, 2.24) is 48.0 Å². The fraction of sp³-hybridized carbons (Fsp3) is 0.387. The van der Waals surface area contributed by atoms with Gasteiger partial charge in [-0.2, -0.15) is 0 Å². The molecule has 1 aromatic carbocycles. The molecule has 0 saturated heterocycles. The number of benzene rings is 1. The molecule has 13 nitrogen and oxygen atoms in total. The summed E-state index contributed by atoms with van der Waals surface area (Å²) in [5.74, 6) is 3.31. The number of nitrogens with zero attached hydrogens (tertiary/aromatic N) is 10. The van der Waals surface area contributed by atoms with Crippen LogP contribution >= 0.6 is 0 Å². The van der Waals surface area contributed by atoms with Crippen molar-refractivity contribution in [2.75, 3.05) is 0 Å². The van der Waals surface area contributed by atoms with E-state index in [1.54, 1.807) is 0 Å². The first kappa shape index (κ1) is 38.5. The topological polar surface area (TPSA) is 135 Å². The standard InChI is InChI=1S/C29H38N10O.C2H4O2.2Mn/c1-22-14-23(16-38(18-25-30-6-10-34(25)2)19-26-31-7-11-35(26)3)29(40)24(15-22)17-39(20-27-32-8-12-36(27)4)21-28-33-9-13-37(28)5;1-2(3)4;;/h6-15,40H,16-21H2,1-5H3;1H3,(H,3,4);;. The van der Waals surface area contributed by atoms with Gasteiger partial charge in [-0.3, -0.25) is 14.6 Å². The number of hydrogen-bond acceptors (Lipinski definition) is 8. The molecule has 0 saturated carbocycles. The van der Waals surface area contributed by atoms with Crippen molar-refractivity contribution in [3.8, 4) is 5.75 Å². The van der Waals surface area contributed by atoms with Gasteiger partial charge in [0, 0.05) is 143 Å². The molecular formula is C31H42Mn2N10O3. The first-order chi connectivity index (χ1) is 21.0. The predicted octanol–water partition coefficient (Wildman–Crippen LogP) is 3.13. The first-order valence-corrected chi connectivity index (χ1v) is 14.3. The summed E-state index contributed by atoms with van der Waals surface area (Å²) >= 11 is 0. The molecule has 0 atom stereocenters. The number of aliphatic carboxylic acids is 1. The number of imidazole rings is 4. The average molecular weight is 713 g/mol. The van der Waals surface area contributed by atoms with Crippen molar-refractivity contribution in [1.29, 1.82) is 0 Å². The molecular weight excluding hydrogens is 670 g/mol. The summed E-state index contributed by atoms with van der Waals surface area (Å²) in [5.41, 5.74) is 2.87. The number of phenols is 1. The van der Waals surface area contributed by atoms with E-state index >= 15 is 0 Å². The Hall–Kier alpha value is -3.71. The Morgan fingerprint density at radius 2 is 0.891 bits per heavy atom. The van der Waals surface area contributed by atoms with Crippen molar-refractivity contribution in [3.63, 3.8) is 0 Å². The Bertz CT molecular complexity index is 1480. The van der Waals surface area contributed by atoms with Crippen LogP contribution in [0.15, 0.2) is 61.7 Å². The van der Waals surface area contributed by atoms with Crippen LogP contribution in [0.1, 0.15) is 46.9 Å². The Morgan fingerprint density at radius 3 is 1.11 bits per heavy atom. The van der Waals surface area contributed by atoms with Gasteiger partial charge in [0.25, 0.3) is 5.97 Å². The molecule has 4 heterocycles. The molecule has 0 amide bonds. The molecule has 0 aliphatic carbocycles. The van der Waals surface area contributed by atoms with Gasteiger partial charge in [0.1, 0.15) is 29.0 Å². The van der Waals surface area contributed by atoms with E-state index in [4.69, 9.17) is 9.90 Å². The molecule has 46 heavy (non-hydrogen) atoms. The molecule has 15 heteroatoms. The molecule has 0 unspecified atom stereocenters. The summed E-state index contributed by atoms with van der Waals surface area (Å²) in [7, 11) is 8.01. The van der Waals surface area contributed by atoms with E-state index in [1.165, 1.54) is 0 Å². The number of aromatic hydroxyl groups is 1. The van der Waals surface area contributed by atoms with E-state index in [0.717, 1.165) is 46.9 Å². The van der Waals surface area contributed by atoms with E-state index < -0.39 is 5.97 Å². The van der Waals surface area contributed by atoms with Gasteiger partial charge in [0.05, 0.1) is 26.2 Å². The third-order valence-electron chi connectivity index (χ3n) is 7.34. The number of aryl methyl sites for hydroxylation is 5. The van der Waals surface area contributed by atoms with E-state index in [9.17, 15) is 5.11 Å². The maximum Gasteiger partial charge on any atom is 0.300 e. The molecule has 0 bridgehead atoms. The van der Waals surface area contributed by atoms with Crippen LogP contribution in [0, 0.1) is 6.92 Å². The van der Waals surface area contributed by atoms with E-state index in [-0.39, 0.29) is 34.1 Å². The maximum absolute atomic E-state index is 11.6. The minimum Gasteiger partial charge on any atom is -0.507 e. The van der Waals surface area contributed by atoms with Crippen LogP contribution in [0.4, 0.5) is 0 Å². The summed E-state index contributed by atoms with van der Waals surface area (Å²) < 4.78 is 8.11. The molecule has 248 valence electrons. The van der Waals surface area contributed by atoms with Gasteiger partial charge in [0.2, 0.25) is 0 Å². The number of phenolic OH excluding ortho intramolecular Hbond substituents is 1. The number of carboxylic acids is 1. The molecule has 4 aromatic heterocycles. The van der Waals surface area contributed by atoms with Crippen molar-refractivity contribution < 1.29 is 49.1 Å². The maximum atomic E-state index is 11.6. The van der Waals surface area contributed by atoms with E-state index in [2.05, 4.69) is 48.8 Å². The average Bonchev–Trinajstić information content (AvgIpc) is 3.74. The first-order valence-electron chi connectivity index (χ1n) is 14.3. The van der Waals surface area contributed by atoms with Crippen molar-refractivity contribution in [2.45, 2.75) is 53.1 Å². The number of hydrogen-bond donors (Lipinski definition) is 2. The molecule has 2 radical (unpaired) electrons. The molecule has 5 aromatic rings. The second-order valence-corrected chi connectivity index (χ2v) is 11.1. The normalized spacial score (nSPS) is 10.8. The fourth-order valence-corrected chi connectivity index (χ4v) is 4.99. The summed E-state index contributed by atoms with van der Waals surface area (Å²) in [6, 6.07) is 4.15. The third kappa shape index (κ3) is 10.7. The quantitative estimate of drug-likeness (QED) is 0.187. The largest absolute Gasteiger partial charge is 0.507 e. The number of aromatic nitrogens is 8. The fourth-order valence-electron chi connectivity index (χ4n) is 4.99. The summed E-state index contributed by atoms with van der Waals surface area (Å²) in [4.78, 5) is 31.7. The minimum absolute atomic E-state index is 0. The third-order valence-corrected chi connectivity index (χ3v) is 7.34. The van der Waals surface area contributed by atoms with Gasteiger partial charge >= 0.3 is 0 Å². The molecule has 0 aliphatic rings. The van der Waals surface area contributed by atoms with Crippen molar-refractivity contribution in [3.05, 3.63) is 102 Å². The van der Waals surface area contributed by atoms with Crippen molar-refractivity contribution >= 4 is 5.97 Å². The van der Waals surface area contributed by atoms with Gasteiger partial charge in [-0.1, -0.05) is 17.7 Å². The van der Waals surface area contributed by atoms with Gasteiger partial charge in [-0.25, -0.2) is 19.9 Å².